The molecule has 0 aliphatic rings. The highest BCUT2D eigenvalue weighted by Crippen LogP contribution is 2.21. The number of hydrogen-bond acceptors (Lipinski definition) is 4. The van der Waals surface area contributed by atoms with Crippen molar-refractivity contribution in [3.05, 3.63) is 24.3 Å². The van der Waals surface area contributed by atoms with Crippen molar-refractivity contribution in [3.63, 3.8) is 0 Å². The summed E-state index contributed by atoms with van der Waals surface area (Å²) >= 11 is 1.40. The molecule has 20 heavy (non-hydrogen) atoms. The first-order chi connectivity index (χ1) is 9.55. The summed E-state index contributed by atoms with van der Waals surface area (Å²) in [6, 6.07) is 7.12. The number of nitrogens with one attached hydrogen (secondary N) is 1. The summed E-state index contributed by atoms with van der Waals surface area (Å²) in [7, 11) is 1.60. The molecule has 1 unspecified atom stereocenters. The molecule has 1 aromatic rings. The third kappa shape index (κ3) is 5.97. The minimum atomic E-state index is -0.903. The van der Waals surface area contributed by atoms with Gasteiger partial charge < -0.3 is 15.2 Å². The number of carboxylic acid groups (broad SMARTS) is 1. The van der Waals surface area contributed by atoms with Crippen LogP contribution in [0.15, 0.2) is 29.2 Å². The van der Waals surface area contributed by atoms with E-state index in [4.69, 9.17) is 9.84 Å². The van der Waals surface area contributed by atoms with Crippen LogP contribution < -0.4 is 10.1 Å². The molecule has 2 N–H and O–H groups in total. The van der Waals surface area contributed by atoms with Crippen molar-refractivity contribution in [1.82, 2.24) is 5.32 Å². The van der Waals surface area contributed by atoms with Crippen molar-refractivity contribution in [2.24, 2.45) is 0 Å². The van der Waals surface area contributed by atoms with Gasteiger partial charge in [0.2, 0.25) is 5.91 Å². The second-order valence-electron chi connectivity index (χ2n) is 4.23. The SMILES string of the molecule is CCC(CC(=O)O)NC(=O)CSc1ccc(OC)cc1. The number of aliphatic carboxylic acids is 1. The highest BCUT2D eigenvalue weighted by molar-refractivity contribution is 8.00. The molecule has 1 amide bonds. The lowest BCUT2D eigenvalue weighted by Crippen LogP contribution is -2.37. The van der Waals surface area contributed by atoms with Gasteiger partial charge in [-0.3, -0.25) is 9.59 Å². The van der Waals surface area contributed by atoms with Crippen LogP contribution in [0.4, 0.5) is 0 Å². The Morgan fingerprint density at radius 3 is 2.50 bits per heavy atom. The first-order valence-corrected chi connectivity index (χ1v) is 7.31. The molecular weight excluding hydrogens is 278 g/mol. The highest BCUT2D eigenvalue weighted by atomic mass is 32.2. The van der Waals surface area contributed by atoms with Gasteiger partial charge in [-0.1, -0.05) is 6.92 Å². The number of rotatable bonds is 8. The van der Waals surface area contributed by atoms with E-state index in [1.807, 2.05) is 31.2 Å². The van der Waals surface area contributed by atoms with Gasteiger partial charge in [0.05, 0.1) is 19.3 Å². The number of benzene rings is 1. The first-order valence-electron chi connectivity index (χ1n) is 6.33. The van der Waals surface area contributed by atoms with E-state index >= 15 is 0 Å². The van der Waals surface area contributed by atoms with Gasteiger partial charge in [0.15, 0.2) is 0 Å². The smallest absolute Gasteiger partial charge is 0.305 e. The van der Waals surface area contributed by atoms with Crippen LogP contribution in [0.25, 0.3) is 0 Å². The summed E-state index contributed by atoms with van der Waals surface area (Å²) in [5.74, 6) is -0.0206. The Morgan fingerprint density at radius 2 is 2.00 bits per heavy atom. The number of thioether (sulfide) groups is 1. The quantitative estimate of drug-likeness (QED) is 0.719. The Bertz CT molecular complexity index is 447. The van der Waals surface area contributed by atoms with E-state index in [0.717, 1.165) is 10.6 Å². The monoisotopic (exact) mass is 297 g/mol. The zero-order valence-electron chi connectivity index (χ0n) is 11.6. The molecular formula is C14H19NO4S. The number of ether oxygens (including phenoxy) is 1. The molecule has 6 heteroatoms. The van der Waals surface area contributed by atoms with E-state index in [2.05, 4.69) is 5.32 Å². The van der Waals surface area contributed by atoms with Crippen LogP contribution in [0.3, 0.4) is 0 Å². The van der Waals surface area contributed by atoms with Crippen molar-refractivity contribution in [2.45, 2.75) is 30.7 Å². The minimum absolute atomic E-state index is 0.0462. The van der Waals surface area contributed by atoms with E-state index < -0.39 is 5.97 Å². The zero-order chi connectivity index (χ0) is 15.0. The molecule has 110 valence electrons. The maximum absolute atomic E-state index is 11.7. The van der Waals surface area contributed by atoms with Crippen LogP contribution in [0.1, 0.15) is 19.8 Å². The minimum Gasteiger partial charge on any atom is -0.497 e. The largest absolute Gasteiger partial charge is 0.497 e. The van der Waals surface area contributed by atoms with Crippen molar-refractivity contribution < 1.29 is 19.4 Å². The average molecular weight is 297 g/mol. The topological polar surface area (TPSA) is 75.6 Å². The predicted molar refractivity (Wildman–Crippen MR) is 78.2 cm³/mol. The number of amides is 1. The summed E-state index contributed by atoms with van der Waals surface area (Å²) in [6.07, 6.45) is 0.556. The summed E-state index contributed by atoms with van der Waals surface area (Å²) < 4.78 is 5.05. The molecule has 1 rings (SSSR count). The molecule has 0 saturated heterocycles. The van der Waals surface area contributed by atoms with Crippen LogP contribution in [0.5, 0.6) is 5.75 Å². The maximum Gasteiger partial charge on any atom is 0.305 e. The molecule has 1 aromatic carbocycles. The Hall–Kier alpha value is -1.69. The highest BCUT2D eigenvalue weighted by Gasteiger charge is 2.14. The van der Waals surface area contributed by atoms with Crippen LogP contribution >= 0.6 is 11.8 Å². The standard InChI is InChI=1S/C14H19NO4S/c1-3-10(8-14(17)18)15-13(16)9-20-12-6-4-11(19-2)5-7-12/h4-7,10H,3,8-9H2,1-2H3,(H,15,16)(H,17,18). The number of hydrogen-bond donors (Lipinski definition) is 2. The number of methoxy groups -OCH3 is 1. The van der Waals surface area contributed by atoms with Gasteiger partial charge >= 0.3 is 5.97 Å². The summed E-state index contributed by atoms with van der Waals surface area (Å²) in [5.41, 5.74) is 0. The second kappa shape index (κ2) is 8.47. The molecule has 0 fully saturated rings. The van der Waals surface area contributed by atoms with Crippen molar-refractivity contribution in [2.75, 3.05) is 12.9 Å². The van der Waals surface area contributed by atoms with E-state index in [0.29, 0.717) is 6.42 Å². The molecule has 0 aliphatic carbocycles. The Labute approximate surface area is 122 Å². The predicted octanol–water partition coefficient (Wildman–Crippen LogP) is 2.16. The molecule has 0 spiro atoms. The Morgan fingerprint density at radius 1 is 1.35 bits per heavy atom. The third-order valence-electron chi connectivity index (χ3n) is 2.71. The first kappa shape index (κ1) is 16.4. The molecule has 0 bridgehead atoms. The summed E-state index contributed by atoms with van der Waals surface area (Å²) in [4.78, 5) is 23.3. The van der Waals surface area contributed by atoms with Gasteiger partial charge in [-0.2, -0.15) is 0 Å². The van der Waals surface area contributed by atoms with E-state index in [-0.39, 0.29) is 24.1 Å². The summed E-state index contributed by atoms with van der Waals surface area (Å²) in [5, 5.41) is 11.4. The molecule has 0 radical (unpaired) electrons. The fourth-order valence-corrected chi connectivity index (χ4v) is 2.31. The molecule has 0 aromatic heterocycles. The number of carbonyl (C=O) groups excluding carboxylic acids is 1. The fraction of sp³-hybridized carbons (Fsp3) is 0.429. The zero-order valence-corrected chi connectivity index (χ0v) is 12.4. The molecule has 0 aliphatic heterocycles. The van der Waals surface area contributed by atoms with Gasteiger partial charge in [-0.15, -0.1) is 11.8 Å². The molecule has 0 heterocycles. The molecule has 1 atom stereocenters. The summed E-state index contributed by atoms with van der Waals surface area (Å²) in [6.45, 7) is 1.85. The van der Waals surface area contributed by atoms with Gasteiger partial charge in [0, 0.05) is 10.9 Å². The fourth-order valence-electron chi connectivity index (χ4n) is 1.60. The van der Waals surface area contributed by atoms with Crippen LogP contribution in [-0.2, 0) is 9.59 Å². The van der Waals surface area contributed by atoms with Crippen LogP contribution in [0.2, 0.25) is 0 Å². The normalized spacial score (nSPS) is 11.7. The van der Waals surface area contributed by atoms with Crippen molar-refractivity contribution in [1.29, 1.82) is 0 Å². The van der Waals surface area contributed by atoms with Crippen molar-refractivity contribution in [3.8, 4) is 5.75 Å². The van der Waals surface area contributed by atoms with E-state index in [1.165, 1.54) is 11.8 Å². The van der Waals surface area contributed by atoms with Crippen LogP contribution in [0, 0.1) is 0 Å². The second-order valence-corrected chi connectivity index (χ2v) is 5.28. The van der Waals surface area contributed by atoms with Gasteiger partial charge in [-0.05, 0) is 30.7 Å². The third-order valence-corrected chi connectivity index (χ3v) is 3.72. The number of carboxylic acids is 1. The maximum atomic E-state index is 11.7. The molecule has 5 nitrogen and oxygen atoms in total. The van der Waals surface area contributed by atoms with Crippen LogP contribution in [-0.4, -0.2) is 35.9 Å². The Balaban J connectivity index is 2.39. The Kier molecular flexibility index (Phi) is 6.93. The van der Waals surface area contributed by atoms with E-state index in [1.54, 1.807) is 7.11 Å². The van der Waals surface area contributed by atoms with Gasteiger partial charge in [0.1, 0.15) is 5.75 Å². The van der Waals surface area contributed by atoms with Gasteiger partial charge in [0.25, 0.3) is 0 Å². The van der Waals surface area contributed by atoms with E-state index in [9.17, 15) is 9.59 Å². The average Bonchev–Trinajstić information content (AvgIpc) is 2.44. The van der Waals surface area contributed by atoms with Crippen molar-refractivity contribution >= 4 is 23.6 Å². The number of carbonyl (C=O) groups is 2. The lowest BCUT2D eigenvalue weighted by Gasteiger charge is -2.14. The van der Waals surface area contributed by atoms with Gasteiger partial charge in [-0.25, -0.2) is 0 Å². The lowest BCUT2D eigenvalue weighted by molar-refractivity contribution is -0.137. The molecule has 0 saturated carbocycles. The lowest BCUT2D eigenvalue weighted by atomic mass is 10.1.